The molecule has 0 saturated carbocycles. The van der Waals surface area contributed by atoms with Crippen LogP contribution in [0.5, 0.6) is 0 Å². The highest BCUT2D eigenvalue weighted by molar-refractivity contribution is 14.1. The molecule has 0 heterocycles. The maximum atomic E-state index is 5.07. The Morgan fingerprint density at radius 2 is 2.00 bits per heavy atom. The fourth-order valence-electron chi connectivity index (χ4n) is 0.556. The number of rotatable bonds is 0. The molecule has 44 valence electrons. The van der Waals surface area contributed by atoms with Gasteiger partial charge in [0, 0.05) is 6.07 Å². The molecule has 0 atom stereocenters. The second-order valence-electron chi connectivity index (χ2n) is 1.58. The predicted molar refractivity (Wildman–Crippen MR) is 47.1 cm³/mol. The van der Waals surface area contributed by atoms with Crippen LogP contribution in [0.15, 0.2) is 24.3 Å². The Morgan fingerprint density at radius 3 is 2.44 bits per heavy atom. The average molecular weight is 230 g/mol. The summed E-state index contributed by atoms with van der Waals surface area (Å²) in [7, 11) is 0. The fourth-order valence-corrected chi connectivity index (χ4v) is 1.08. The lowest BCUT2D eigenvalue weighted by molar-refractivity contribution is 1.66. The summed E-state index contributed by atoms with van der Waals surface area (Å²) in [5.74, 6) is 0. The molecule has 0 bridgehead atoms. The highest BCUT2D eigenvalue weighted by Crippen LogP contribution is 2.19. The molecule has 0 N–H and O–H groups in total. The first kappa shape index (κ1) is 6.56. The van der Waals surface area contributed by atoms with Crippen LogP contribution >= 0.6 is 22.6 Å². The first-order valence-corrected chi connectivity index (χ1v) is 3.58. The van der Waals surface area contributed by atoms with Gasteiger partial charge in [0.15, 0.2) is 0 Å². The van der Waals surface area contributed by atoms with Gasteiger partial charge in [-0.3, -0.25) is 0 Å². The highest BCUT2D eigenvalue weighted by atomic mass is 127. The molecule has 0 aromatic heterocycles. The van der Waals surface area contributed by atoms with E-state index in [-0.39, 0.29) is 0 Å². The van der Waals surface area contributed by atoms with Gasteiger partial charge < -0.3 is 0 Å². The predicted octanol–water partition coefficient (Wildman–Crippen LogP) is 2.89. The van der Waals surface area contributed by atoms with Gasteiger partial charge in [0.05, 0.1) is 0 Å². The molecule has 0 fully saturated rings. The normalized spacial score (nSPS) is 8.44. The maximum Gasteiger partial charge on any atom is 0.353 e. The van der Waals surface area contributed by atoms with Crippen molar-refractivity contribution < 1.29 is 0 Å². The maximum absolute atomic E-state index is 5.07. The molecule has 0 aliphatic heterocycles. The van der Waals surface area contributed by atoms with E-state index in [4.69, 9.17) is 6.57 Å². The highest BCUT2D eigenvalue weighted by Gasteiger charge is 2.02. The second kappa shape index (κ2) is 2.83. The van der Waals surface area contributed by atoms with Crippen LogP contribution in [-0.4, -0.2) is 0 Å². The van der Waals surface area contributed by atoms with Gasteiger partial charge in [-0.2, -0.15) is 0 Å². The smallest absolute Gasteiger partial charge is 0.0606 e. The molecule has 0 amide bonds. The average Bonchev–Trinajstić information content (AvgIpc) is 1.89. The molecular weight excluding hydrogens is 225 g/mol. The van der Waals surface area contributed by atoms with Gasteiger partial charge in [0.2, 0.25) is 0 Å². The van der Waals surface area contributed by atoms with Gasteiger partial charge in [0.25, 0.3) is 6.57 Å². The third-order valence-electron chi connectivity index (χ3n) is 0.992. The summed E-state index contributed by atoms with van der Waals surface area (Å²) >= 11 is 2.19. The number of benzene rings is 1. The summed E-state index contributed by atoms with van der Waals surface area (Å²) in [5, 5.41) is 0. The van der Waals surface area contributed by atoms with Crippen LogP contribution in [0.2, 0.25) is 0 Å². The van der Waals surface area contributed by atoms with E-state index in [2.05, 4.69) is 27.4 Å². The van der Waals surface area contributed by atoms with E-state index >= 15 is 0 Å². The van der Waals surface area contributed by atoms with E-state index in [9.17, 15) is 0 Å². The van der Waals surface area contributed by atoms with Gasteiger partial charge in [-0.15, -0.1) is 0 Å². The van der Waals surface area contributed by atoms with Crippen molar-refractivity contribution in [1.82, 2.24) is 0 Å². The van der Waals surface area contributed by atoms with Crippen molar-refractivity contribution >= 4 is 28.3 Å². The summed E-state index contributed by atoms with van der Waals surface area (Å²) in [6.07, 6.45) is 0. The minimum atomic E-state index is 0.845. The quantitative estimate of drug-likeness (QED) is 0.603. The lowest BCUT2D eigenvalue weighted by atomic mass is 10.3. The lowest BCUT2D eigenvalue weighted by Gasteiger charge is -1.80. The van der Waals surface area contributed by atoms with Crippen molar-refractivity contribution in [3.05, 3.63) is 32.7 Å². The molecule has 1 nitrogen and oxygen atoms in total. The summed E-state index contributed by atoms with van der Waals surface area (Å²) in [4.78, 5) is 3.56. The summed E-state index contributed by atoms with van der Waals surface area (Å²) in [6, 6.07) is 7.71. The lowest BCUT2D eigenvalue weighted by Crippen LogP contribution is -1.66. The molecule has 0 aliphatic rings. The van der Waals surface area contributed by atoms with E-state index in [1.165, 1.54) is 0 Å². The Labute approximate surface area is 67.7 Å². The van der Waals surface area contributed by atoms with Gasteiger partial charge >= 0.3 is 5.69 Å². The molecule has 1 aromatic rings. The van der Waals surface area contributed by atoms with E-state index in [0.29, 0.717) is 0 Å². The number of para-hydroxylation sites is 1. The number of halogens is 1. The van der Waals surface area contributed by atoms with Crippen LogP contribution < -0.4 is 0 Å². The van der Waals surface area contributed by atoms with Crippen LogP contribution in [0.4, 0.5) is 5.69 Å². The standard InChI is InChI=1S/C7H5IN/c1-9-7-5-3-2-4-6(7)8/h1-5H/q+1. The molecule has 2 heteroatoms. The first-order valence-electron chi connectivity index (χ1n) is 2.50. The monoisotopic (exact) mass is 230 g/mol. The minimum absolute atomic E-state index is 0.845. The van der Waals surface area contributed by atoms with E-state index in [1.807, 2.05) is 24.3 Å². The van der Waals surface area contributed by atoms with Crippen LogP contribution in [-0.2, 0) is 0 Å². The van der Waals surface area contributed by atoms with Gasteiger partial charge in [-0.1, -0.05) is 12.1 Å². The van der Waals surface area contributed by atoms with Crippen LogP contribution in [0.25, 0.3) is 4.85 Å². The molecule has 0 unspecified atom stereocenters. The summed E-state index contributed by atoms with van der Waals surface area (Å²) < 4.78 is 1.08. The van der Waals surface area contributed by atoms with E-state index in [0.717, 1.165) is 9.26 Å². The largest absolute Gasteiger partial charge is 0.353 e. The van der Waals surface area contributed by atoms with Crippen LogP contribution in [0.1, 0.15) is 0 Å². The zero-order valence-electron chi connectivity index (χ0n) is 4.71. The Morgan fingerprint density at radius 1 is 1.33 bits per heavy atom. The Balaban J connectivity index is 3.20. The second-order valence-corrected chi connectivity index (χ2v) is 2.74. The van der Waals surface area contributed by atoms with E-state index < -0.39 is 0 Å². The molecule has 1 rings (SSSR count). The third-order valence-corrected chi connectivity index (χ3v) is 1.90. The fraction of sp³-hybridized carbons (Fsp3) is 0. The first-order chi connectivity index (χ1) is 4.34. The Hall–Kier alpha value is -0.560. The Kier molecular flexibility index (Phi) is 2.06. The summed E-state index contributed by atoms with van der Waals surface area (Å²) in [5.41, 5.74) is 0.845. The summed E-state index contributed by atoms with van der Waals surface area (Å²) in [6.45, 7) is 5.07. The van der Waals surface area contributed by atoms with Crippen LogP contribution in [0, 0.1) is 10.1 Å². The van der Waals surface area contributed by atoms with Crippen molar-refractivity contribution in [2.75, 3.05) is 0 Å². The van der Waals surface area contributed by atoms with Gasteiger partial charge in [0.1, 0.15) is 3.57 Å². The molecular formula is C7H5IN+. The molecule has 0 aliphatic carbocycles. The zero-order valence-corrected chi connectivity index (χ0v) is 6.87. The molecule has 0 saturated heterocycles. The van der Waals surface area contributed by atoms with Crippen molar-refractivity contribution in [1.29, 1.82) is 0 Å². The van der Waals surface area contributed by atoms with Crippen LogP contribution in [0.3, 0.4) is 0 Å². The molecule has 0 radical (unpaired) electrons. The Bertz CT molecular complexity index is 249. The zero-order chi connectivity index (χ0) is 6.69. The molecule has 0 spiro atoms. The van der Waals surface area contributed by atoms with Crippen molar-refractivity contribution in [3.8, 4) is 6.57 Å². The van der Waals surface area contributed by atoms with E-state index in [1.54, 1.807) is 0 Å². The topological polar surface area (TPSA) is 4.36 Å². The molecule has 9 heavy (non-hydrogen) atoms. The third kappa shape index (κ3) is 1.42. The minimum Gasteiger partial charge on any atom is -0.0606 e. The van der Waals surface area contributed by atoms with Gasteiger partial charge in [-0.25, -0.2) is 0 Å². The number of hydrogen-bond donors (Lipinski definition) is 0. The van der Waals surface area contributed by atoms with Crippen molar-refractivity contribution in [2.24, 2.45) is 0 Å². The number of nitrogens with zero attached hydrogens (tertiary/aromatic N) is 1. The van der Waals surface area contributed by atoms with Crippen molar-refractivity contribution in [3.63, 3.8) is 0 Å². The molecule has 1 aromatic carbocycles. The van der Waals surface area contributed by atoms with Gasteiger partial charge in [-0.05, 0) is 33.5 Å². The number of hydrogen-bond acceptors (Lipinski definition) is 0. The van der Waals surface area contributed by atoms with Crippen molar-refractivity contribution in [2.45, 2.75) is 0 Å². The SMILES string of the molecule is C#[N+]c1ccccc1I.